The Hall–Kier alpha value is -0.950. The second kappa shape index (κ2) is 7.08. The van der Waals surface area contributed by atoms with Gasteiger partial charge in [0.2, 0.25) is 5.91 Å². The standard InChI is InChI=1S/C15H24N2O3S2/c1-4-22(19,20)10-14(18)17-7-5-6-12(8-17)15-16-13(9-21-15)11(2)3/h9,11-12H,4-8,10H2,1-3H3. The SMILES string of the molecule is CCS(=O)(=O)CC(=O)N1CCCC(c2nc(C(C)C)cs2)C1. The quantitative estimate of drug-likeness (QED) is 0.822. The highest BCUT2D eigenvalue weighted by atomic mass is 32.2. The molecule has 5 nitrogen and oxygen atoms in total. The van der Waals surface area contributed by atoms with Crippen LogP contribution < -0.4 is 0 Å². The summed E-state index contributed by atoms with van der Waals surface area (Å²) in [4.78, 5) is 18.6. The smallest absolute Gasteiger partial charge is 0.237 e. The molecule has 0 radical (unpaired) electrons. The molecule has 1 aliphatic heterocycles. The van der Waals surface area contributed by atoms with E-state index in [1.807, 2.05) is 0 Å². The molecule has 7 heteroatoms. The molecule has 1 saturated heterocycles. The number of likely N-dealkylation sites (tertiary alicyclic amines) is 1. The molecule has 0 bridgehead atoms. The summed E-state index contributed by atoms with van der Waals surface area (Å²) >= 11 is 1.65. The molecule has 0 aliphatic carbocycles. The van der Waals surface area contributed by atoms with Crippen LogP contribution in [-0.2, 0) is 14.6 Å². The van der Waals surface area contributed by atoms with Gasteiger partial charge in [-0.05, 0) is 18.8 Å². The van der Waals surface area contributed by atoms with Crippen molar-refractivity contribution in [1.82, 2.24) is 9.88 Å². The first kappa shape index (κ1) is 17.4. The molecule has 2 rings (SSSR count). The molecular formula is C15H24N2O3S2. The van der Waals surface area contributed by atoms with Gasteiger partial charge < -0.3 is 4.90 Å². The van der Waals surface area contributed by atoms with E-state index in [0.717, 1.165) is 23.5 Å². The minimum absolute atomic E-state index is 0.0141. The van der Waals surface area contributed by atoms with E-state index in [4.69, 9.17) is 0 Å². The lowest BCUT2D eigenvalue weighted by atomic mass is 9.98. The fraction of sp³-hybridized carbons (Fsp3) is 0.733. The van der Waals surface area contributed by atoms with Crippen molar-refractivity contribution >= 4 is 27.1 Å². The van der Waals surface area contributed by atoms with Gasteiger partial charge in [0.05, 0.1) is 10.7 Å². The molecule has 1 unspecified atom stereocenters. The van der Waals surface area contributed by atoms with Crippen LogP contribution in [0.4, 0.5) is 0 Å². The third-order valence-electron chi connectivity index (χ3n) is 4.04. The van der Waals surface area contributed by atoms with Gasteiger partial charge in [-0.2, -0.15) is 0 Å². The number of nitrogens with zero attached hydrogens (tertiary/aromatic N) is 2. The molecule has 1 aliphatic rings. The van der Waals surface area contributed by atoms with Gasteiger partial charge in [0.1, 0.15) is 5.75 Å². The molecule has 1 atom stereocenters. The highest BCUT2D eigenvalue weighted by Gasteiger charge is 2.28. The molecule has 124 valence electrons. The maximum absolute atomic E-state index is 12.2. The number of sulfone groups is 1. The van der Waals surface area contributed by atoms with Crippen LogP contribution in [0.5, 0.6) is 0 Å². The molecule has 2 heterocycles. The summed E-state index contributed by atoms with van der Waals surface area (Å²) in [5.41, 5.74) is 1.09. The average Bonchev–Trinajstić information content (AvgIpc) is 2.97. The zero-order chi connectivity index (χ0) is 16.3. The van der Waals surface area contributed by atoms with Gasteiger partial charge in [-0.15, -0.1) is 11.3 Å². The van der Waals surface area contributed by atoms with Crippen LogP contribution in [0.25, 0.3) is 0 Å². The highest BCUT2D eigenvalue weighted by molar-refractivity contribution is 7.92. The summed E-state index contributed by atoms with van der Waals surface area (Å²) in [5.74, 6) is 0.0127. The minimum Gasteiger partial charge on any atom is -0.341 e. The van der Waals surface area contributed by atoms with Crippen molar-refractivity contribution in [3.05, 3.63) is 16.1 Å². The number of hydrogen-bond donors (Lipinski definition) is 0. The van der Waals surface area contributed by atoms with E-state index in [9.17, 15) is 13.2 Å². The Balaban J connectivity index is 2.03. The van der Waals surface area contributed by atoms with Crippen molar-refractivity contribution in [2.75, 3.05) is 24.6 Å². The van der Waals surface area contributed by atoms with Crippen LogP contribution in [0, 0.1) is 0 Å². The normalized spacial score (nSPS) is 19.6. The van der Waals surface area contributed by atoms with E-state index in [1.54, 1.807) is 23.2 Å². The van der Waals surface area contributed by atoms with Crippen LogP contribution in [0.2, 0.25) is 0 Å². The van der Waals surface area contributed by atoms with Crippen molar-refractivity contribution in [2.24, 2.45) is 0 Å². The van der Waals surface area contributed by atoms with Crippen LogP contribution in [0.3, 0.4) is 0 Å². The summed E-state index contributed by atoms with van der Waals surface area (Å²) in [6, 6.07) is 0. The second-order valence-electron chi connectivity index (χ2n) is 6.12. The maximum atomic E-state index is 12.2. The molecule has 1 amide bonds. The fourth-order valence-corrected chi connectivity index (χ4v) is 4.41. The van der Waals surface area contributed by atoms with Crippen molar-refractivity contribution in [3.63, 3.8) is 0 Å². The van der Waals surface area contributed by atoms with Crippen LogP contribution in [0.1, 0.15) is 56.2 Å². The Morgan fingerprint density at radius 1 is 1.50 bits per heavy atom. The first-order chi connectivity index (χ1) is 10.3. The molecule has 1 aromatic heterocycles. The average molecular weight is 345 g/mol. The van der Waals surface area contributed by atoms with Gasteiger partial charge in [0, 0.05) is 30.1 Å². The number of hydrogen-bond acceptors (Lipinski definition) is 5. The first-order valence-electron chi connectivity index (χ1n) is 7.76. The topological polar surface area (TPSA) is 67.3 Å². The maximum Gasteiger partial charge on any atom is 0.237 e. The predicted molar refractivity (Wildman–Crippen MR) is 89.1 cm³/mol. The second-order valence-corrected chi connectivity index (χ2v) is 9.36. The number of thiazole rings is 1. The molecule has 1 aromatic rings. The summed E-state index contributed by atoms with van der Waals surface area (Å²) in [5, 5.41) is 3.15. The Morgan fingerprint density at radius 2 is 2.23 bits per heavy atom. The molecule has 0 aromatic carbocycles. The van der Waals surface area contributed by atoms with Gasteiger partial charge in [-0.25, -0.2) is 13.4 Å². The van der Waals surface area contributed by atoms with Crippen molar-refractivity contribution in [3.8, 4) is 0 Å². The Kier molecular flexibility index (Phi) is 5.60. The largest absolute Gasteiger partial charge is 0.341 e. The summed E-state index contributed by atoms with van der Waals surface area (Å²) < 4.78 is 23.2. The minimum atomic E-state index is -3.26. The third kappa shape index (κ3) is 4.29. The monoisotopic (exact) mass is 344 g/mol. The number of carbonyl (C=O) groups excluding carboxylic acids is 1. The van der Waals surface area contributed by atoms with Crippen LogP contribution >= 0.6 is 11.3 Å². The fourth-order valence-electron chi connectivity index (χ4n) is 2.54. The van der Waals surface area contributed by atoms with Gasteiger partial charge in [-0.1, -0.05) is 20.8 Å². The van der Waals surface area contributed by atoms with E-state index in [-0.39, 0.29) is 23.3 Å². The Morgan fingerprint density at radius 3 is 2.82 bits per heavy atom. The molecule has 0 spiro atoms. The van der Waals surface area contributed by atoms with E-state index < -0.39 is 9.84 Å². The number of carbonyl (C=O) groups is 1. The predicted octanol–water partition coefficient (Wildman–Crippen LogP) is 2.41. The zero-order valence-electron chi connectivity index (χ0n) is 13.4. The van der Waals surface area contributed by atoms with Crippen molar-refractivity contribution in [2.45, 2.75) is 45.4 Å². The van der Waals surface area contributed by atoms with Gasteiger partial charge >= 0.3 is 0 Å². The van der Waals surface area contributed by atoms with Gasteiger partial charge in [0.25, 0.3) is 0 Å². The summed E-state index contributed by atoms with van der Waals surface area (Å²) in [7, 11) is -3.26. The molecule has 1 fully saturated rings. The zero-order valence-corrected chi connectivity index (χ0v) is 15.0. The van der Waals surface area contributed by atoms with Gasteiger partial charge in [0.15, 0.2) is 9.84 Å². The molecule has 22 heavy (non-hydrogen) atoms. The summed E-state index contributed by atoms with van der Waals surface area (Å²) in [6.07, 6.45) is 1.91. The number of aromatic nitrogens is 1. The first-order valence-corrected chi connectivity index (χ1v) is 10.5. The lowest BCUT2D eigenvalue weighted by molar-refractivity contribution is -0.129. The third-order valence-corrected chi connectivity index (χ3v) is 6.63. The Labute approximate surface area is 136 Å². The van der Waals surface area contributed by atoms with E-state index >= 15 is 0 Å². The Bertz CT molecular complexity index is 622. The van der Waals surface area contributed by atoms with Crippen LogP contribution in [0.15, 0.2) is 5.38 Å². The lowest BCUT2D eigenvalue weighted by Crippen LogP contribution is -2.42. The number of rotatable bonds is 5. The van der Waals surface area contributed by atoms with E-state index in [2.05, 4.69) is 24.2 Å². The van der Waals surface area contributed by atoms with Crippen LogP contribution in [-0.4, -0.2) is 48.8 Å². The molecular weight excluding hydrogens is 320 g/mol. The summed E-state index contributed by atoms with van der Waals surface area (Å²) in [6.45, 7) is 7.04. The van der Waals surface area contributed by atoms with Crippen molar-refractivity contribution < 1.29 is 13.2 Å². The lowest BCUT2D eigenvalue weighted by Gasteiger charge is -2.31. The van der Waals surface area contributed by atoms with E-state index in [1.165, 1.54) is 0 Å². The van der Waals surface area contributed by atoms with Gasteiger partial charge in [-0.3, -0.25) is 4.79 Å². The highest BCUT2D eigenvalue weighted by Crippen LogP contribution is 2.30. The number of amides is 1. The number of piperidine rings is 1. The molecule has 0 N–H and O–H groups in total. The van der Waals surface area contributed by atoms with E-state index in [0.29, 0.717) is 19.0 Å². The molecule has 0 saturated carbocycles. The van der Waals surface area contributed by atoms with Crippen molar-refractivity contribution in [1.29, 1.82) is 0 Å².